The van der Waals surface area contributed by atoms with Crippen molar-refractivity contribution in [1.29, 1.82) is 0 Å². The number of hydrazone groups is 1. The summed E-state index contributed by atoms with van der Waals surface area (Å²) in [5, 5.41) is 15.8. The van der Waals surface area contributed by atoms with E-state index in [1.165, 1.54) is 12.1 Å². The van der Waals surface area contributed by atoms with Crippen LogP contribution in [0.5, 0.6) is 5.75 Å². The Morgan fingerprint density at radius 2 is 1.75 bits per heavy atom. The summed E-state index contributed by atoms with van der Waals surface area (Å²) in [4.78, 5) is 0. The summed E-state index contributed by atoms with van der Waals surface area (Å²) in [5.41, 5.74) is 3.02. The Bertz CT molecular complexity index is 635. The molecule has 3 rings (SSSR count). The molecule has 4 heteroatoms. The minimum atomic E-state index is -0.228. The average molecular weight is 270 g/mol. The van der Waals surface area contributed by atoms with Crippen LogP contribution in [0.15, 0.2) is 53.6 Å². The smallest absolute Gasteiger partial charge is 0.123 e. The van der Waals surface area contributed by atoms with E-state index >= 15 is 0 Å². The largest absolute Gasteiger partial charge is 0.508 e. The maximum absolute atomic E-state index is 13.0. The molecule has 0 saturated carbocycles. The quantitative estimate of drug-likeness (QED) is 0.908. The summed E-state index contributed by atoms with van der Waals surface area (Å²) in [7, 11) is 1.92. The standard InChI is InChI=1S/C16H15FN2O/c1-19-16(12-2-6-13(17)7-3-12)10-15(18-19)11-4-8-14(20)9-5-11/h2-9,16,20H,10H2,1H3. The molecule has 0 aliphatic carbocycles. The number of phenolic OH excluding ortho intramolecular Hbond substituents is 1. The van der Waals surface area contributed by atoms with E-state index in [4.69, 9.17) is 0 Å². The highest BCUT2D eigenvalue weighted by Crippen LogP contribution is 2.31. The van der Waals surface area contributed by atoms with E-state index in [1.807, 2.05) is 24.2 Å². The molecule has 2 aromatic carbocycles. The molecule has 1 heterocycles. The van der Waals surface area contributed by atoms with Crippen LogP contribution in [-0.2, 0) is 0 Å². The first-order chi connectivity index (χ1) is 9.63. The van der Waals surface area contributed by atoms with Gasteiger partial charge in [0.1, 0.15) is 11.6 Å². The number of phenols is 1. The van der Waals surface area contributed by atoms with E-state index in [0.29, 0.717) is 0 Å². The zero-order valence-corrected chi connectivity index (χ0v) is 11.1. The van der Waals surface area contributed by atoms with Gasteiger partial charge in [0.15, 0.2) is 0 Å². The normalized spacial score (nSPS) is 18.2. The first-order valence-corrected chi connectivity index (χ1v) is 6.48. The molecule has 3 nitrogen and oxygen atoms in total. The topological polar surface area (TPSA) is 35.8 Å². The van der Waals surface area contributed by atoms with Crippen LogP contribution in [0.25, 0.3) is 0 Å². The van der Waals surface area contributed by atoms with Crippen LogP contribution in [-0.4, -0.2) is 22.9 Å². The van der Waals surface area contributed by atoms with Crippen molar-refractivity contribution < 1.29 is 9.50 Å². The van der Waals surface area contributed by atoms with Crippen LogP contribution in [0, 0.1) is 5.82 Å². The lowest BCUT2D eigenvalue weighted by Gasteiger charge is -2.18. The van der Waals surface area contributed by atoms with Crippen LogP contribution in [0.4, 0.5) is 4.39 Å². The van der Waals surface area contributed by atoms with Crippen molar-refractivity contribution in [1.82, 2.24) is 5.01 Å². The zero-order valence-electron chi connectivity index (χ0n) is 11.1. The maximum Gasteiger partial charge on any atom is 0.123 e. The molecule has 0 saturated heterocycles. The minimum Gasteiger partial charge on any atom is -0.508 e. The van der Waals surface area contributed by atoms with Gasteiger partial charge in [-0.3, -0.25) is 5.01 Å². The molecule has 0 spiro atoms. The molecule has 1 unspecified atom stereocenters. The lowest BCUT2D eigenvalue weighted by molar-refractivity contribution is 0.289. The third-order valence-electron chi connectivity index (χ3n) is 3.57. The third kappa shape index (κ3) is 2.37. The highest BCUT2D eigenvalue weighted by Gasteiger charge is 2.25. The van der Waals surface area contributed by atoms with Crippen molar-refractivity contribution in [3.8, 4) is 5.75 Å². The monoisotopic (exact) mass is 270 g/mol. The Balaban J connectivity index is 1.83. The summed E-state index contributed by atoms with van der Waals surface area (Å²) >= 11 is 0. The number of rotatable bonds is 2. The van der Waals surface area contributed by atoms with Crippen molar-refractivity contribution >= 4 is 5.71 Å². The van der Waals surface area contributed by atoms with Gasteiger partial charge in [-0.1, -0.05) is 12.1 Å². The second-order valence-electron chi connectivity index (χ2n) is 4.94. The second kappa shape index (κ2) is 4.96. The highest BCUT2D eigenvalue weighted by atomic mass is 19.1. The van der Waals surface area contributed by atoms with Gasteiger partial charge in [0.2, 0.25) is 0 Å². The summed E-state index contributed by atoms with van der Waals surface area (Å²) in [6.45, 7) is 0. The van der Waals surface area contributed by atoms with Gasteiger partial charge in [0.05, 0.1) is 11.8 Å². The molecule has 102 valence electrons. The Morgan fingerprint density at radius 1 is 1.10 bits per heavy atom. The van der Waals surface area contributed by atoms with Crippen LogP contribution in [0.2, 0.25) is 0 Å². The summed E-state index contributed by atoms with van der Waals surface area (Å²) in [5.74, 6) is 0.0184. The van der Waals surface area contributed by atoms with Crippen molar-refractivity contribution in [2.24, 2.45) is 5.10 Å². The third-order valence-corrected chi connectivity index (χ3v) is 3.57. The van der Waals surface area contributed by atoms with Crippen LogP contribution < -0.4 is 0 Å². The molecular formula is C16H15FN2O. The Labute approximate surface area is 117 Å². The Kier molecular flexibility index (Phi) is 3.14. The summed E-state index contributed by atoms with van der Waals surface area (Å²) < 4.78 is 13.0. The van der Waals surface area contributed by atoms with Gasteiger partial charge in [0.25, 0.3) is 0 Å². The number of hydrogen-bond donors (Lipinski definition) is 1. The number of hydrogen-bond acceptors (Lipinski definition) is 3. The van der Waals surface area contributed by atoms with E-state index in [2.05, 4.69) is 5.10 Å². The predicted molar refractivity (Wildman–Crippen MR) is 76.2 cm³/mol. The van der Waals surface area contributed by atoms with Crippen molar-refractivity contribution in [3.05, 3.63) is 65.5 Å². The fourth-order valence-corrected chi connectivity index (χ4v) is 2.46. The summed E-state index contributed by atoms with van der Waals surface area (Å²) in [6, 6.07) is 13.7. The van der Waals surface area contributed by atoms with E-state index in [0.717, 1.165) is 23.3 Å². The number of halogens is 1. The summed E-state index contributed by atoms with van der Waals surface area (Å²) in [6.07, 6.45) is 0.771. The van der Waals surface area contributed by atoms with Gasteiger partial charge in [-0.25, -0.2) is 4.39 Å². The van der Waals surface area contributed by atoms with Gasteiger partial charge in [0, 0.05) is 13.5 Å². The lowest BCUT2D eigenvalue weighted by atomic mass is 9.98. The average Bonchev–Trinajstić information content (AvgIpc) is 2.82. The van der Waals surface area contributed by atoms with E-state index in [9.17, 15) is 9.50 Å². The highest BCUT2D eigenvalue weighted by molar-refractivity contribution is 6.01. The minimum absolute atomic E-state index is 0.124. The van der Waals surface area contributed by atoms with E-state index in [1.54, 1.807) is 24.3 Å². The van der Waals surface area contributed by atoms with Crippen LogP contribution in [0.1, 0.15) is 23.6 Å². The number of nitrogens with zero attached hydrogens (tertiary/aromatic N) is 2. The molecule has 2 aromatic rings. The Hall–Kier alpha value is -2.36. The van der Waals surface area contributed by atoms with Gasteiger partial charge in [-0.15, -0.1) is 0 Å². The van der Waals surface area contributed by atoms with Gasteiger partial charge in [-0.2, -0.15) is 5.10 Å². The first kappa shape index (κ1) is 12.7. The van der Waals surface area contributed by atoms with Crippen molar-refractivity contribution in [2.45, 2.75) is 12.5 Å². The number of aromatic hydroxyl groups is 1. The molecule has 0 aromatic heterocycles. The van der Waals surface area contributed by atoms with Gasteiger partial charge < -0.3 is 5.11 Å². The molecule has 1 N–H and O–H groups in total. The molecule has 0 fully saturated rings. The molecule has 0 radical (unpaired) electrons. The Morgan fingerprint density at radius 3 is 2.40 bits per heavy atom. The predicted octanol–water partition coefficient (Wildman–Crippen LogP) is 3.31. The SMILES string of the molecule is CN1N=C(c2ccc(O)cc2)CC1c1ccc(F)cc1. The lowest BCUT2D eigenvalue weighted by Crippen LogP contribution is -2.13. The molecule has 20 heavy (non-hydrogen) atoms. The molecular weight excluding hydrogens is 255 g/mol. The van der Waals surface area contributed by atoms with E-state index < -0.39 is 0 Å². The fraction of sp³-hybridized carbons (Fsp3) is 0.188. The first-order valence-electron chi connectivity index (χ1n) is 6.48. The molecule has 1 aliphatic rings. The van der Waals surface area contributed by atoms with Crippen LogP contribution in [0.3, 0.4) is 0 Å². The van der Waals surface area contributed by atoms with Gasteiger partial charge >= 0.3 is 0 Å². The van der Waals surface area contributed by atoms with E-state index in [-0.39, 0.29) is 17.6 Å². The van der Waals surface area contributed by atoms with Crippen LogP contribution >= 0.6 is 0 Å². The maximum atomic E-state index is 13.0. The van der Waals surface area contributed by atoms with Gasteiger partial charge in [-0.05, 0) is 47.5 Å². The molecule has 0 amide bonds. The fourth-order valence-electron chi connectivity index (χ4n) is 2.46. The van der Waals surface area contributed by atoms with Crippen molar-refractivity contribution in [3.63, 3.8) is 0 Å². The zero-order chi connectivity index (χ0) is 14.1. The second-order valence-corrected chi connectivity index (χ2v) is 4.94. The van der Waals surface area contributed by atoms with Crippen molar-refractivity contribution in [2.75, 3.05) is 7.05 Å². The number of benzene rings is 2. The molecule has 1 aliphatic heterocycles. The molecule has 0 bridgehead atoms. The molecule has 1 atom stereocenters.